The molecular weight excluding hydrogens is 516 g/mol. The molecule has 26 unspecified atom stereocenters. The van der Waals surface area contributed by atoms with Gasteiger partial charge in [0.1, 0.15) is 0 Å². The van der Waals surface area contributed by atoms with Crippen molar-refractivity contribution in [2.75, 3.05) is 0 Å². The van der Waals surface area contributed by atoms with Gasteiger partial charge in [0.15, 0.2) is 0 Å². The van der Waals surface area contributed by atoms with Crippen LogP contribution in [0.25, 0.3) is 0 Å². The third kappa shape index (κ3) is 4.37. The summed E-state index contributed by atoms with van der Waals surface area (Å²) in [5.74, 6) is 23.6. The standard InChI is InChI=1S/C43H76/c1-18-20(3)26(9)40-36(24(18)7)30(13)32(15)38-34(22(5)28(11)42(38)40)17-35-23(6)29(12)43-39(35)33(16)31(14)37-25(8)19(2)21(4)27(10)41(37)43/h18-43H,17H2,1-16H3. The lowest BCUT2D eigenvalue weighted by atomic mass is 9.44. The van der Waals surface area contributed by atoms with Gasteiger partial charge in [-0.2, -0.15) is 0 Å². The van der Waals surface area contributed by atoms with Gasteiger partial charge in [0.2, 0.25) is 0 Å². The van der Waals surface area contributed by atoms with Crippen molar-refractivity contribution in [1.29, 1.82) is 0 Å². The molecule has 6 aliphatic rings. The normalized spacial score (nSPS) is 66.7. The molecule has 0 bridgehead atoms. The molecule has 0 saturated heterocycles. The molecule has 0 heterocycles. The molecule has 0 N–H and O–H groups in total. The smallest absolute Gasteiger partial charge is 0.0318 e. The lowest BCUT2D eigenvalue weighted by Crippen LogP contribution is -2.56. The molecule has 0 aromatic rings. The first kappa shape index (κ1) is 32.9. The molecule has 6 aliphatic carbocycles. The van der Waals surface area contributed by atoms with E-state index in [0.29, 0.717) is 0 Å². The van der Waals surface area contributed by atoms with Crippen LogP contribution in [-0.4, -0.2) is 0 Å². The number of rotatable bonds is 2. The summed E-state index contributed by atoms with van der Waals surface area (Å²) >= 11 is 0. The van der Waals surface area contributed by atoms with Crippen molar-refractivity contribution in [3.8, 4) is 0 Å². The maximum absolute atomic E-state index is 2.74. The van der Waals surface area contributed by atoms with Crippen molar-refractivity contribution in [1.82, 2.24) is 0 Å². The van der Waals surface area contributed by atoms with Gasteiger partial charge in [0.05, 0.1) is 0 Å². The molecule has 6 rings (SSSR count). The first-order valence-corrected chi connectivity index (χ1v) is 20.1. The fourth-order valence-electron chi connectivity index (χ4n) is 16.2. The summed E-state index contributed by atoms with van der Waals surface area (Å²) in [5, 5.41) is 0. The van der Waals surface area contributed by atoms with Crippen LogP contribution in [0.3, 0.4) is 0 Å². The fraction of sp³-hybridized carbons (Fsp3) is 1.00. The van der Waals surface area contributed by atoms with E-state index in [0.717, 1.165) is 154 Å². The number of fused-ring (bicyclic) bond motifs is 6. The van der Waals surface area contributed by atoms with Crippen LogP contribution >= 0.6 is 0 Å². The minimum Gasteiger partial charge on any atom is -0.0620 e. The average Bonchev–Trinajstić information content (AvgIpc) is 3.37. The summed E-state index contributed by atoms with van der Waals surface area (Å²) in [4.78, 5) is 0. The molecule has 0 aliphatic heterocycles. The van der Waals surface area contributed by atoms with Crippen LogP contribution in [0.1, 0.15) is 117 Å². The van der Waals surface area contributed by atoms with Gasteiger partial charge < -0.3 is 0 Å². The van der Waals surface area contributed by atoms with Gasteiger partial charge in [-0.1, -0.05) is 111 Å². The Bertz CT molecular complexity index is 918. The van der Waals surface area contributed by atoms with Gasteiger partial charge in [-0.3, -0.25) is 0 Å². The van der Waals surface area contributed by atoms with Crippen molar-refractivity contribution in [3.05, 3.63) is 0 Å². The van der Waals surface area contributed by atoms with Crippen molar-refractivity contribution in [2.24, 2.45) is 154 Å². The molecule has 0 aromatic heterocycles. The van der Waals surface area contributed by atoms with Gasteiger partial charge in [-0.05, 0) is 160 Å². The molecule has 0 nitrogen and oxygen atoms in total. The highest BCUT2D eigenvalue weighted by Crippen LogP contribution is 2.70. The highest BCUT2D eigenvalue weighted by atomic mass is 14.7. The Kier molecular flexibility index (Phi) is 8.66. The maximum Gasteiger partial charge on any atom is -0.0318 e. The predicted molar refractivity (Wildman–Crippen MR) is 186 cm³/mol. The van der Waals surface area contributed by atoms with Crippen LogP contribution in [0, 0.1) is 154 Å². The lowest BCUT2D eigenvalue weighted by Gasteiger charge is -2.60. The Morgan fingerprint density at radius 2 is 0.372 bits per heavy atom. The zero-order chi connectivity index (χ0) is 31.7. The predicted octanol–water partition coefficient (Wildman–Crippen LogP) is 11.8. The Morgan fingerprint density at radius 1 is 0.186 bits per heavy atom. The van der Waals surface area contributed by atoms with Crippen LogP contribution in [0.15, 0.2) is 0 Å². The molecule has 0 amide bonds. The molecule has 0 spiro atoms. The average molecular weight is 593 g/mol. The monoisotopic (exact) mass is 593 g/mol. The van der Waals surface area contributed by atoms with Crippen molar-refractivity contribution >= 4 is 0 Å². The molecular formula is C43H76. The molecule has 43 heavy (non-hydrogen) atoms. The van der Waals surface area contributed by atoms with Crippen molar-refractivity contribution in [3.63, 3.8) is 0 Å². The van der Waals surface area contributed by atoms with Crippen molar-refractivity contribution < 1.29 is 0 Å². The van der Waals surface area contributed by atoms with Crippen LogP contribution in [0.4, 0.5) is 0 Å². The van der Waals surface area contributed by atoms with E-state index < -0.39 is 0 Å². The Balaban J connectivity index is 1.34. The first-order valence-electron chi connectivity index (χ1n) is 20.1. The summed E-state index contributed by atoms with van der Waals surface area (Å²) < 4.78 is 0. The highest BCUT2D eigenvalue weighted by Gasteiger charge is 2.65. The second-order valence-corrected chi connectivity index (χ2v) is 19.9. The van der Waals surface area contributed by atoms with Gasteiger partial charge in [-0.15, -0.1) is 0 Å². The molecule has 248 valence electrons. The minimum atomic E-state index is 0.873. The number of hydrogen-bond donors (Lipinski definition) is 0. The minimum absolute atomic E-state index is 0.873. The summed E-state index contributed by atoms with van der Waals surface area (Å²) in [7, 11) is 0. The van der Waals surface area contributed by atoms with E-state index in [1.807, 2.05) is 0 Å². The topological polar surface area (TPSA) is 0 Å². The second-order valence-electron chi connectivity index (χ2n) is 19.9. The van der Waals surface area contributed by atoms with Crippen LogP contribution < -0.4 is 0 Å². The summed E-state index contributed by atoms with van der Waals surface area (Å²) in [6.07, 6.45) is 1.55. The molecule has 6 fully saturated rings. The van der Waals surface area contributed by atoms with Crippen LogP contribution in [0.5, 0.6) is 0 Å². The van der Waals surface area contributed by atoms with E-state index in [-0.39, 0.29) is 0 Å². The maximum atomic E-state index is 2.74. The highest BCUT2D eigenvalue weighted by molar-refractivity contribution is 5.12. The molecule has 0 aromatic carbocycles. The van der Waals surface area contributed by atoms with Gasteiger partial charge >= 0.3 is 0 Å². The van der Waals surface area contributed by atoms with Gasteiger partial charge in [0.25, 0.3) is 0 Å². The largest absolute Gasteiger partial charge is 0.0620 e. The molecule has 0 heteroatoms. The Labute approximate surface area is 270 Å². The van der Waals surface area contributed by atoms with E-state index >= 15 is 0 Å². The summed E-state index contributed by atoms with van der Waals surface area (Å²) in [6, 6.07) is 0. The third-order valence-corrected chi connectivity index (χ3v) is 19.9. The van der Waals surface area contributed by atoms with E-state index in [1.54, 1.807) is 6.42 Å². The van der Waals surface area contributed by atoms with Crippen LogP contribution in [0.2, 0.25) is 0 Å². The quantitative estimate of drug-likeness (QED) is 0.299. The summed E-state index contributed by atoms with van der Waals surface area (Å²) in [6.45, 7) is 43.0. The second kappa shape index (κ2) is 11.3. The third-order valence-electron chi connectivity index (χ3n) is 19.9. The lowest BCUT2D eigenvalue weighted by molar-refractivity contribution is -0.129. The summed E-state index contributed by atoms with van der Waals surface area (Å²) in [5.41, 5.74) is 0. The van der Waals surface area contributed by atoms with E-state index in [1.165, 1.54) is 0 Å². The van der Waals surface area contributed by atoms with Gasteiger partial charge in [0, 0.05) is 0 Å². The zero-order valence-corrected chi connectivity index (χ0v) is 31.7. The van der Waals surface area contributed by atoms with E-state index in [2.05, 4.69) is 111 Å². The Morgan fingerprint density at radius 3 is 0.674 bits per heavy atom. The molecule has 6 saturated carbocycles. The number of hydrogen-bond acceptors (Lipinski definition) is 0. The zero-order valence-electron chi connectivity index (χ0n) is 31.7. The fourth-order valence-corrected chi connectivity index (χ4v) is 16.2. The van der Waals surface area contributed by atoms with Crippen molar-refractivity contribution in [2.45, 2.75) is 117 Å². The first-order chi connectivity index (χ1) is 20.1. The molecule has 0 radical (unpaired) electrons. The van der Waals surface area contributed by atoms with Crippen LogP contribution in [-0.2, 0) is 0 Å². The SMILES string of the molecule is CC1C(C)C(C)C2C(C1C)C(C)C(C)C1C(CC3C(C)C(C)C4C3C(C)C(C)C3C(C)C(C)C(C)C(C)C34)C(C)C(C)C12. The van der Waals surface area contributed by atoms with E-state index in [9.17, 15) is 0 Å². The van der Waals surface area contributed by atoms with Gasteiger partial charge in [-0.25, -0.2) is 0 Å². The van der Waals surface area contributed by atoms with E-state index in [4.69, 9.17) is 0 Å². The molecule has 26 atom stereocenters. The Hall–Kier alpha value is 0.